The van der Waals surface area contributed by atoms with E-state index >= 15 is 0 Å². The Balaban J connectivity index is 2.19. The van der Waals surface area contributed by atoms with Crippen molar-refractivity contribution in [2.75, 3.05) is 10.0 Å². The molecule has 4 nitrogen and oxygen atoms in total. The highest BCUT2D eigenvalue weighted by atomic mass is 32.2. The second-order valence-electron chi connectivity index (χ2n) is 6.80. The number of sulfonamides is 1. The molecule has 5 heteroatoms. The van der Waals surface area contributed by atoms with E-state index < -0.39 is 10.0 Å². The molecule has 124 valence electrons. The van der Waals surface area contributed by atoms with Crippen LogP contribution in [-0.2, 0) is 10.0 Å². The van der Waals surface area contributed by atoms with Crippen LogP contribution >= 0.6 is 0 Å². The molecule has 0 unspecified atom stereocenters. The van der Waals surface area contributed by atoms with Gasteiger partial charge in [0.15, 0.2) is 0 Å². The lowest BCUT2D eigenvalue weighted by Crippen LogP contribution is -2.25. The van der Waals surface area contributed by atoms with Gasteiger partial charge in [0.25, 0.3) is 10.0 Å². The Morgan fingerprint density at radius 1 is 0.826 bits per heavy atom. The molecule has 0 aromatic heterocycles. The van der Waals surface area contributed by atoms with Gasteiger partial charge < -0.3 is 5.32 Å². The van der Waals surface area contributed by atoms with E-state index in [-0.39, 0.29) is 10.4 Å². The first-order valence-corrected chi connectivity index (χ1v) is 9.03. The molecular weight excluding hydrogens is 308 g/mol. The minimum atomic E-state index is -3.57. The minimum absolute atomic E-state index is 0.0412. The van der Waals surface area contributed by atoms with Crippen LogP contribution in [0.2, 0.25) is 0 Å². The average molecular weight is 332 g/mol. The Bertz CT molecular complexity index is 789. The van der Waals surface area contributed by atoms with Crippen LogP contribution < -0.4 is 10.0 Å². The van der Waals surface area contributed by atoms with Crippen molar-refractivity contribution in [3.63, 3.8) is 0 Å². The summed E-state index contributed by atoms with van der Waals surface area (Å²) in [4.78, 5) is 0.275. The highest BCUT2D eigenvalue weighted by Gasteiger charge is 2.15. The third-order valence-corrected chi connectivity index (χ3v) is 4.82. The average Bonchev–Trinajstić information content (AvgIpc) is 2.42. The summed E-state index contributed by atoms with van der Waals surface area (Å²) in [7, 11) is -3.57. The molecular formula is C18H24N2O2S. The third-order valence-electron chi connectivity index (χ3n) is 3.45. The van der Waals surface area contributed by atoms with E-state index in [1.807, 2.05) is 32.0 Å². The third kappa shape index (κ3) is 4.73. The summed E-state index contributed by atoms with van der Waals surface area (Å²) < 4.78 is 27.5. The molecule has 2 rings (SSSR count). The monoisotopic (exact) mass is 332 g/mol. The molecule has 2 N–H and O–H groups in total. The van der Waals surface area contributed by atoms with E-state index in [4.69, 9.17) is 0 Å². The van der Waals surface area contributed by atoms with Crippen molar-refractivity contribution < 1.29 is 8.42 Å². The molecule has 0 fully saturated rings. The molecule has 0 saturated heterocycles. The summed E-state index contributed by atoms with van der Waals surface area (Å²) >= 11 is 0. The van der Waals surface area contributed by atoms with Gasteiger partial charge in [-0.25, -0.2) is 8.42 Å². The molecule has 2 aromatic carbocycles. The predicted molar refractivity (Wildman–Crippen MR) is 96.5 cm³/mol. The molecule has 23 heavy (non-hydrogen) atoms. The van der Waals surface area contributed by atoms with Crippen LogP contribution in [0.5, 0.6) is 0 Å². The first kappa shape index (κ1) is 17.3. The molecule has 0 saturated carbocycles. The molecule has 0 atom stereocenters. The number of benzene rings is 2. The van der Waals surface area contributed by atoms with Crippen LogP contribution in [0.25, 0.3) is 0 Å². The Morgan fingerprint density at radius 2 is 1.39 bits per heavy atom. The second-order valence-corrected chi connectivity index (χ2v) is 8.49. The van der Waals surface area contributed by atoms with Gasteiger partial charge in [0.05, 0.1) is 4.90 Å². The van der Waals surface area contributed by atoms with Gasteiger partial charge in [-0.1, -0.05) is 6.07 Å². The van der Waals surface area contributed by atoms with E-state index in [9.17, 15) is 8.42 Å². The Hall–Kier alpha value is -2.01. The lowest BCUT2D eigenvalue weighted by atomic mass is 10.1. The highest BCUT2D eigenvalue weighted by Crippen LogP contribution is 2.21. The molecule has 0 aliphatic heterocycles. The van der Waals surface area contributed by atoms with Gasteiger partial charge in [0, 0.05) is 16.9 Å². The molecule has 0 radical (unpaired) electrons. The van der Waals surface area contributed by atoms with Crippen LogP contribution in [0.15, 0.2) is 47.4 Å². The topological polar surface area (TPSA) is 58.2 Å². The lowest BCUT2D eigenvalue weighted by Gasteiger charge is -2.22. The quantitative estimate of drug-likeness (QED) is 0.877. The summed E-state index contributed by atoms with van der Waals surface area (Å²) in [6.07, 6.45) is 0. The highest BCUT2D eigenvalue weighted by molar-refractivity contribution is 7.92. The van der Waals surface area contributed by atoms with Crippen LogP contribution in [-0.4, -0.2) is 14.0 Å². The summed E-state index contributed by atoms with van der Waals surface area (Å²) in [5, 5.41) is 3.34. The standard InChI is InChI=1S/C18H24N2O2S/c1-13-6-11-17(12-14(13)2)23(21,22)20-16-9-7-15(8-10-16)19-18(3,4)5/h6-12,19-20H,1-5H3. The smallest absolute Gasteiger partial charge is 0.261 e. The molecule has 2 aromatic rings. The van der Waals surface area contributed by atoms with E-state index in [1.54, 1.807) is 24.3 Å². The summed E-state index contributed by atoms with van der Waals surface area (Å²) in [6, 6.07) is 12.4. The van der Waals surface area contributed by atoms with Crippen molar-refractivity contribution >= 4 is 21.4 Å². The van der Waals surface area contributed by atoms with Crippen molar-refractivity contribution in [1.29, 1.82) is 0 Å². The zero-order chi connectivity index (χ0) is 17.3. The Morgan fingerprint density at radius 3 is 1.91 bits per heavy atom. The summed E-state index contributed by atoms with van der Waals surface area (Å²) in [5.41, 5.74) is 3.48. The number of hydrogen-bond donors (Lipinski definition) is 2. The van der Waals surface area contributed by atoms with Gasteiger partial charge in [-0.3, -0.25) is 4.72 Å². The number of aryl methyl sites for hydroxylation is 2. The fraction of sp³-hybridized carbons (Fsp3) is 0.333. The van der Waals surface area contributed by atoms with E-state index in [2.05, 4.69) is 30.8 Å². The maximum absolute atomic E-state index is 12.5. The second kappa shape index (κ2) is 6.24. The van der Waals surface area contributed by atoms with E-state index in [0.717, 1.165) is 16.8 Å². The van der Waals surface area contributed by atoms with Gasteiger partial charge in [-0.15, -0.1) is 0 Å². The van der Waals surface area contributed by atoms with Crippen molar-refractivity contribution in [2.24, 2.45) is 0 Å². The zero-order valence-corrected chi connectivity index (χ0v) is 15.1. The maximum Gasteiger partial charge on any atom is 0.261 e. The first-order valence-electron chi connectivity index (χ1n) is 7.55. The fourth-order valence-corrected chi connectivity index (χ4v) is 3.29. The van der Waals surface area contributed by atoms with Crippen molar-refractivity contribution in [2.45, 2.75) is 45.1 Å². The lowest BCUT2D eigenvalue weighted by molar-refractivity contribution is 0.601. The summed E-state index contributed by atoms with van der Waals surface area (Å²) in [6.45, 7) is 10.1. The van der Waals surface area contributed by atoms with E-state index in [1.165, 1.54) is 0 Å². The van der Waals surface area contributed by atoms with Gasteiger partial charge in [0.2, 0.25) is 0 Å². The molecule has 0 bridgehead atoms. The largest absolute Gasteiger partial charge is 0.380 e. The normalized spacial score (nSPS) is 12.0. The van der Waals surface area contributed by atoms with Crippen molar-refractivity contribution in [3.8, 4) is 0 Å². The van der Waals surface area contributed by atoms with Gasteiger partial charge in [-0.05, 0) is 82.1 Å². The van der Waals surface area contributed by atoms with Crippen LogP contribution in [0.4, 0.5) is 11.4 Å². The molecule has 0 aliphatic carbocycles. The predicted octanol–water partition coefficient (Wildman–Crippen LogP) is 4.31. The molecule has 0 spiro atoms. The van der Waals surface area contributed by atoms with E-state index in [0.29, 0.717) is 5.69 Å². The first-order chi connectivity index (χ1) is 10.6. The number of hydrogen-bond acceptors (Lipinski definition) is 3. The molecule has 0 heterocycles. The van der Waals surface area contributed by atoms with Crippen LogP contribution in [0, 0.1) is 13.8 Å². The van der Waals surface area contributed by atoms with Crippen molar-refractivity contribution in [1.82, 2.24) is 0 Å². The fourth-order valence-electron chi connectivity index (χ4n) is 2.15. The molecule has 0 amide bonds. The maximum atomic E-state index is 12.5. The Kier molecular flexibility index (Phi) is 4.71. The van der Waals surface area contributed by atoms with Crippen molar-refractivity contribution in [3.05, 3.63) is 53.6 Å². The summed E-state index contributed by atoms with van der Waals surface area (Å²) in [5.74, 6) is 0. The number of nitrogens with one attached hydrogen (secondary N) is 2. The zero-order valence-electron chi connectivity index (χ0n) is 14.3. The van der Waals surface area contributed by atoms with Gasteiger partial charge >= 0.3 is 0 Å². The van der Waals surface area contributed by atoms with Gasteiger partial charge in [0.1, 0.15) is 0 Å². The SMILES string of the molecule is Cc1ccc(S(=O)(=O)Nc2ccc(NC(C)(C)C)cc2)cc1C. The molecule has 0 aliphatic rings. The Labute approximate surface area is 139 Å². The van der Waals surface area contributed by atoms with Crippen LogP contribution in [0.1, 0.15) is 31.9 Å². The van der Waals surface area contributed by atoms with Crippen LogP contribution in [0.3, 0.4) is 0 Å². The van der Waals surface area contributed by atoms with Gasteiger partial charge in [-0.2, -0.15) is 0 Å². The minimum Gasteiger partial charge on any atom is -0.380 e. The number of anilines is 2. The number of rotatable bonds is 4.